The van der Waals surface area contributed by atoms with E-state index in [9.17, 15) is 14.9 Å². The molecule has 0 spiro atoms. The molecule has 28 heavy (non-hydrogen) atoms. The van der Waals surface area contributed by atoms with Crippen LogP contribution in [-0.2, 0) is 4.79 Å². The van der Waals surface area contributed by atoms with E-state index in [0.717, 1.165) is 16.8 Å². The molecule has 1 aliphatic rings. The zero-order chi connectivity index (χ0) is 20.3. The summed E-state index contributed by atoms with van der Waals surface area (Å²) in [4.78, 5) is 27.3. The highest BCUT2D eigenvalue weighted by atomic mass is 35.5. The molecule has 2 aromatic carbocycles. The summed E-state index contributed by atoms with van der Waals surface area (Å²) in [5, 5.41) is 14.6. The van der Waals surface area contributed by atoms with Gasteiger partial charge in [-0.2, -0.15) is 0 Å². The van der Waals surface area contributed by atoms with Crippen LogP contribution in [0.5, 0.6) is 0 Å². The van der Waals surface area contributed by atoms with Crippen molar-refractivity contribution >= 4 is 34.6 Å². The number of carbonyl (C=O) groups excluding carboxylic acids is 1. The van der Waals surface area contributed by atoms with E-state index in [4.69, 9.17) is 11.6 Å². The Bertz CT molecular complexity index is 875. The molecule has 3 rings (SSSR count). The van der Waals surface area contributed by atoms with E-state index in [1.54, 1.807) is 12.1 Å². The highest BCUT2D eigenvalue weighted by Crippen LogP contribution is 2.31. The second-order valence-corrected chi connectivity index (χ2v) is 7.51. The lowest BCUT2D eigenvalue weighted by atomic mass is 10.1. The summed E-state index contributed by atoms with van der Waals surface area (Å²) in [5.74, 6) is -0.0593. The van der Waals surface area contributed by atoms with Crippen LogP contribution >= 0.6 is 11.6 Å². The minimum absolute atomic E-state index is 0.00788. The van der Waals surface area contributed by atoms with E-state index in [2.05, 4.69) is 16.3 Å². The first-order valence-electron chi connectivity index (χ1n) is 9.11. The van der Waals surface area contributed by atoms with Gasteiger partial charge in [-0.15, -0.1) is 0 Å². The van der Waals surface area contributed by atoms with Gasteiger partial charge in [0.1, 0.15) is 5.69 Å². The highest BCUT2D eigenvalue weighted by Gasteiger charge is 2.24. The Morgan fingerprint density at radius 2 is 1.75 bits per heavy atom. The Labute approximate surface area is 169 Å². The number of nitro groups is 1. The molecule has 0 unspecified atom stereocenters. The van der Waals surface area contributed by atoms with Crippen LogP contribution in [0.2, 0.25) is 5.02 Å². The Morgan fingerprint density at radius 1 is 1.11 bits per heavy atom. The number of hydrogen-bond donors (Lipinski definition) is 1. The summed E-state index contributed by atoms with van der Waals surface area (Å²) >= 11 is 5.89. The number of nitrogens with one attached hydrogen (secondary N) is 1. The molecular formula is C20H23ClN4O3. The number of halogens is 1. The molecule has 1 fully saturated rings. The maximum absolute atomic E-state index is 12.4. The number of anilines is 2. The monoisotopic (exact) mass is 402 g/mol. The van der Waals surface area contributed by atoms with E-state index in [-0.39, 0.29) is 11.6 Å². The van der Waals surface area contributed by atoms with Gasteiger partial charge in [-0.25, -0.2) is 0 Å². The molecule has 8 heteroatoms. The molecular weight excluding hydrogens is 380 g/mol. The normalized spacial score (nSPS) is 14.8. The van der Waals surface area contributed by atoms with Crippen molar-refractivity contribution in [3.05, 3.63) is 62.7 Å². The number of rotatable bonds is 5. The quantitative estimate of drug-likeness (QED) is 0.610. The molecule has 1 heterocycles. The Morgan fingerprint density at radius 3 is 2.36 bits per heavy atom. The molecule has 0 saturated carbocycles. The van der Waals surface area contributed by atoms with Crippen LogP contribution in [0.3, 0.4) is 0 Å². The highest BCUT2D eigenvalue weighted by molar-refractivity contribution is 6.30. The van der Waals surface area contributed by atoms with E-state index >= 15 is 0 Å². The maximum Gasteiger partial charge on any atom is 0.294 e. The van der Waals surface area contributed by atoms with E-state index in [1.807, 2.05) is 30.9 Å². The van der Waals surface area contributed by atoms with Crippen LogP contribution in [0.4, 0.5) is 17.1 Å². The van der Waals surface area contributed by atoms with Crippen LogP contribution in [0.15, 0.2) is 36.4 Å². The van der Waals surface area contributed by atoms with Crippen molar-refractivity contribution in [2.45, 2.75) is 13.8 Å². The van der Waals surface area contributed by atoms with E-state index in [1.165, 1.54) is 6.07 Å². The fourth-order valence-corrected chi connectivity index (χ4v) is 3.67. The molecule has 0 aromatic heterocycles. The van der Waals surface area contributed by atoms with Gasteiger partial charge >= 0.3 is 0 Å². The predicted molar refractivity (Wildman–Crippen MR) is 111 cm³/mol. The molecule has 7 nitrogen and oxygen atoms in total. The number of piperazine rings is 1. The van der Waals surface area contributed by atoms with Crippen molar-refractivity contribution in [3.63, 3.8) is 0 Å². The molecule has 0 bridgehead atoms. The van der Waals surface area contributed by atoms with Crippen LogP contribution in [0.25, 0.3) is 0 Å². The summed E-state index contributed by atoms with van der Waals surface area (Å²) in [6, 6.07) is 10.7. The Kier molecular flexibility index (Phi) is 6.16. The topological polar surface area (TPSA) is 78.7 Å². The Balaban J connectivity index is 1.57. The second-order valence-electron chi connectivity index (χ2n) is 7.08. The maximum atomic E-state index is 12.4. The van der Waals surface area contributed by atoms with Gasteiger partial charge < -0.3 is 10.2 Å². The van der Waals surface area contributed by atoms with Crippen LogP contribution in [0, 0.1) is 24.0 Å². The molecule has 1 aliphatic heterocycles. The average molecular weight is 403 g/mol. The minimum atomic E-state index is -0.412. The third-order valence-corrected chi connectivity index (χ3v) is 4.95. The van der Waals surface area contributed by atoms with Crippen molar-refractivity contribution in [1.82, 2.24) is 4.90 Å². The van der Waals surface area contributed by atoms with E-state index in [0.29, 0.717) is 43.4 Å². The molecule has 2 aromatic rings. The van der Waals surface area contributed by atoms with Crippen LogP contribution in [0.1, 0.15) is 11.1 Å². The third kappa shape index (κ3) is 4.99. The molecule has 0 aliphatic carbocycles. The van der Waals surface area contributed by atoms with Crippen molar-refractivity contribution in [2.75, 3.05) is 42.9 Å². The lowest BCUT2D eigenvalue weighted by Gasteiger charge is -2.35. The minimum Gasteiger partial charge on any atom is -0.363 e. The van der Waals surface area contributed by atoms with Gasteiger partial charge in [-0.3, -0.25) is 19.8 Å². The number of nitro benzene ring substituents is 1. The van der Waals surface area contributed by atoms with Gasteiger partial charge in [0.15, 0.2) is 0 Å². The first kappa shape index (κ1) is 20.1. The van der Waals surface area contributed by atoms with Gasteiger partial charge in [0.05, 0.1) is 11.5 Å². The molecule has 148 valence electrons. The van der Waals surface area contributed by atoms with Gasteiger partial charge in [-0.05, 0) is 49.2 Å². The SMILES string of the molecule is Cc1cc(C)cc(NC(=O)CN2CCN(c3ccc(Cl)cc3[N+](=O)[O-])CC2)c1. The summed E-state index contributed by atoms with van der Waals surface area (Å²) in [6.07, 6.45) is 0. The Hall–Kier alpha value is -2.64. The van der Waals surface area contributed by atoms with Crippen molar-refractivity contribution in [1.29, 1.82) is 0 Å². The zero-order valence-electron chi connectivity index (χ0n) is 15.9. The number of carbonyl (C=O) groups is 1. The third-order valence-electron chi connectivity index (χ3n) is 4.72. The standard InChI is InChI=1S/C20H23ClN4O3/c1-14-9-15(2)11-17(10-14)22-20(26)13-23-5-7-24(8-6-23)18-4-3-16(21)12-19(18)25(27)28/h3-4,9-12H,5-8,13H2,1-2H3,(H,22,26). The number of nitrogens with zero attached hydrogens (tertiary/aromatic N) is 3. The molecule has 1 N–H and O–H groups in total. The van der Waals surface area contributed by atoms with Gasteiger partial charge in [0.2, 0.25) is 5.91 Å². The molecule has 0 atom stereocenters. The molecule has 1 saturated heterocycles. The van der Waals surface area contributed by atoms with Crippen molar-refractivity contribution in [3.8, 4) is 0 Å². The average Bonchev–Trinajstić information content (AvgIpc) is 2.61. The summed E-state index contributed by atoms with van der Waals surface area (Å²) in [6.45, 7) is 6.82. The number of aryl methyl sites for hydroxylation is 2. The van der Waals surface area contributed by atoms with Crippen molar-refractivity contribution in [2.24, 2.45) is 0 Å². The zero-order valence-corrected chi connectivity index (χ0v) is 16.7. The summed E-state index contributed by atoms with van der Waals surface area (Å²) in [5.41, 5.74) is 3.59. The lowest BCUT2D eigenvalue weighted by molar-refractivity contribution is -0.384. The second kappa shape index (κ2) is 8.58. The fourth-order valence-electron chi connectivity index (χ4n) is 3.51. The first-order chi connectivity index (χ1) is 13.3. The number of hydrogen-bond acceptors (Lipinski definition) is 5. The number of benzene rings is 2. The molecule has 0 radical (unpaired) electrons. The summed E-state index contributed by atoms with van der Waals surface area (Å²) < 4.78 is 0. The predicted octanol–water partition coefficient (Wildman–Crippen LogP) is 3.63. The van der Waals surface area contributed by atoms with Gasteiger partial charge in [0.25, 0.3) is 5.69 Å². The first-order valence-corrected chi connectivity index (χ1v) is 9.49. The van der Waals surface area contributed by atoms with Gasteiger partial charge in [-0.1, -0.05) is 17.7 Å². The smallest absolute Gasteiger partial charge is 0.294 e. The summed E-state index contributed by atoms with van der Waals surface area (Å²) in [7, 11) is 0. The fraction of sp³-hybridized carbons (Fsp3) is 0.350. The van der Waals surface area contributed by atoms with Crippen molar-refractivity contribution < 1.29 is 9.72 Å². The van der Waals surface area contributed by atoms with Crippen LogP contribution < -0.4 is 10.2 Å². The molecule has 1 amide bonds. The van der Waals surface area contributed by atoms with E-state index < -0.39 is 4.92 Å². The largest absolute Gasteiger partial charge is 0.363 e. The van der Waals surface area contributed by atoms with Crippen LogP contribution in [-0.4, -0.2) is 48.5 Å². The lowest BCUT2D eigenvalue weighted by Crippen LogP contribution is -2.48. The van der Waals surface area contributed by atoms with Gasteiger partial charge in [0, 0.05) is 43.0 Å². The number of amides is 1.